The number of nitrogens with zero attached hydrogens (tertiary/aromatic N) is 1. The summed E-state index contributed by atoms with van der Waals surface area (Å²) < 4.78 is 5.03. The van der Waals surface area contributed by atoms with Crippen LogP contribution in [0.3, 0.4) is 0 Å². The first kappa shape index (κ1) is 19.0. The van der Waals surface area contributed by atoms with Crippen molar-refractivity contribution in [2.24, 2.45) is 4.99 Å². The number of hydrogen-bond acceptors (Lipinski definition) is 8. The summed E-state index contributed by atoms with van der Waals surface area (Å²) >= 11 is 0. The number of nitrogens with one attached hydrogen (secondary N) is 1. The highest BCUT2D eigenvalue weighted by Gasteiger charge is 2.18. The van der Waals surface area contributed by atoms with Gasteiger partial charge in [0.15, 0.2) is 11.5 Å². The van der Waals surface area contributed by atoms with Gasteiger partial charge in [-0.3, -0.25) is 4.99 Å². The van der Waals surface area contributed by atoms with Gasteiger partial charge in [0, 0.05) is 12.8 Å². The first-order valence-electron chi connectivity index (χ1n) is 7.86. The predicted octanol–water partition coefficient (Wildman–Crippen LogP) is -1.31. The Morgan fingerprint density at radius 1 is 1.42 bits per heavy atom. The number of allylic oxidation sites excluding steroid dienone is 2. The Morgan fingerprint density at radius 2 is 2.19 bits per heavy atom. The molecule has 1 aromatic carbocycles. The molecule has 0 amide bonds. The molecule has 0 saturated heterocycles. The number of benzene rings is 1. The summed E-state index contributed by atoms with van der Waals surface area (Å²) in [7, 11) is 1.47. The molecule has 26 heavy (non-hydrogen) atoms. The molecule has 1 aromatic rings. The molecule has 2 N–H and O–H groups in total. The zero-order chi connectivity index (χ0) is 19.1. The van der Waals surface area contributed by atoms with Crippen LogP contribution in [0.15, 0.2) is 46.6 Å². The molecule has 0 bridgehead atoms. The summed E-state index contributed by atoms with van der Waals surface area (Å²) in [6, 6.07) is 3.89. The fraction of sp³-hybridized carbons (Fsp3) is 0.278. The number of aliphatic imine (C=N–C) groups is 1. The number of aliphatic carboxylic acids is 2. The van der Waals surface area contributed by atoms with Gasteiger partial charge in [0.25, 0.3) is 0 Å². The zero-order valence-corrected chi connectivity index (χ0v) is 14.1. The predicted molar refractivity (Wildman–Crippen MR) is 89.4 cm³/mol. The van der Waals surface area contributed by atoms with Crippen molar-refractivity contribution in [2.75, 3.05) is 13.7 Å². The van der Waals surface area contributed by atoms with Crippen LogP contribution in [0.2, 0.25) is 0 Å². The number of phenols is 1. The molecule has 2 rings (SSSR count). The van der Waals surface area contributed by atoms with Crippen molar-refractivity contribution < 1.29 is 29.6 Å². The molecule has 0 spiro atoms. The van der Waals surface area contributed by atoms with E-state index >= 15 is 0 Å². The number of hydrogen-bond donors (Lipinski definition) is 2. The second kappa shape index (κ2) is 8.70. The van der Waals surface area contributed by atoms with Gasteiger partial charge in [-0.2, -0.15) is 0 Å². The van der Waals surface area contributed by atoms with Crippen LogP contribution in [0.1, 0.15) is 12.0 Å². The largest absolute Gasteiger partial charge is 0.548 e. The van der Waals surface area contributed by atoms with E-state index in [2.05, 4.69) is 10.3 Å². The van der Waals surface area contributed by atoms with Gasteiger partial charge in [0.2, 0.25) is 0 Å². The lowest BCUT2D eigenvalue weighted by Crippen LogP contribution is -2.49. The molecule has 138 valence electrons. The third kappa shape index (κ3) is 5.10. The molecule has 0 radical (unpaired) electrons. The van der Waals surface area contributed by atoms with E-state index in [0.29, 0.717) is 24.3 Å². The number of methoxy groups -OCH3 is 1. The number of carboxylic acid groups (broad SMARTS) is 2. The van der Waals surface area contributed by atoms with Crippen LogP contribution >= 0.6 is 0 Å². The maximum absolute atomic E-state index is 11.0. The van der Waals surface area contributed by atoms with Crippen molar-refractivity contribution in [1.29, 1.82) is 0 Å². The van der Waals surface area contributed by atoms with Gasteiger partial charge in [-0.25, -0.2) is 0 Å². The van der Waals surface area contributed by atoms with E-state index in [-0.39, 0.29) is 17.9 Å². The molecule has 1 atom stereocenters. The highest BCUT2D eigenvalue weighted by molar-refractivity contribution is 5.88. The summed E-state index contributed by atoms with van der Waals surface area (Å²) in [6.45, 7) is 0.455. The number of rotatable bonds is 7. The van der Waals surface area contributed by atoms with Gasteiger partial charge >= 0.3 is 0 Å². The summed E-state index contributed by atoms with van der Waals surface area (Å²) in [5.41, 5.74) is 1.12. The zero-order valence-electron chi connectivity index (χ0n) is 14.1. The SMILES string of the molecule is COc1cc(CCN=C/C=C2/C=C(C(=O)[O-])N[C@H](C(=O)[O-])C2)ccc1O. The second-order valence-corrected chi connectivity index (χ2v) is 5.62. The molecule has 1 aliphatic heterocycles. The maximum atomic E-state index is 11.0. The van der Waals surface area contributed by atoms with Crippen molar-refractivity contribution >= 4 is 18.2 Å². The van der Waals surface area contributed by atoms with E-state index in [0.717, 1.165) is 5.56 Å². The van der Waals surface area contributed by atoms with Gasteiger partial charge in [-0.1, -0.05) is 6.07 Å². The minimum absolute atomic E-state index is 0.0633. The van der Waals surface area contributed by atoms with Crippen molar-refractivity contribution in [3.63, 3.8) is 0 Å². The van der Waals surface area contributed by atoms with Crippen LogP contribution < -0.4 is 20.3 Å². The number of carboxylic acids is 2. The molecule has 0 aromatic heterocycles. The Balaban J connectivity index is 1.98. The molecular formula is C18H18N2O6-2. The van der Waals surface area contributed by atoms with Crippen molar-refractivity contribution in [3.05, 3.63) is 47.2 Å². The molecule has 0 saturated carbocycles. The summed E-state index contributed by atoms with van der Waals surface area (Å²) in [5.74, 6) is -2.43. The molecular weight excluding hydrogens is 340 g/mol. The second-order valence-electron chi connectivity index (χ2n) is 5.62. The van der Waals surface area contributed by atoms with E-state index in [9.17, 15) is 24.9 Å². The Morgan fingerprint density at radius 3 is 2.85 bits per heavy atom. The van der Waals surface area contributed by atoms with Crippen molar-refractivity contribution in [1.82, 2.24) is 5.32 Å². The van der Waals surface area contributed by atoms with E-state index in [1.165, 1.54) is 19.4 Å². The van der Waals surface area contributed by atoms with Crippen LogP contribution in [-0.4, -0.2) is 43.0 Å². The topological polar surface area (TPSA) is 134 Å². The normalized spacial score (nSPS) is 18.4. The molecule has 0 fully saturated rings. The van der Waals surface area contributed by atoms with Crippen LogP contribution in [-0.2, 0) is 16.0 Å². The Labute approximate surface area is 150 Å². The number of ether oxygens (including phenoxy) is 1. The summed E-state index contributed by atoms with van der Waals surface area (Å²) in [6.07, 6.45) is 5.05. The standard InChI is InChI=1S/C18H20N2O6/c1-26-16-10-11(2-3-15(16)21)4-6-19-7-5-12-8-13(17(22)23)20-14(9-12)18(24)25/h2-3,5,7-8,10,14,20-21H,4,6,9H2,1H3,(H,22,23)(H,24,25)/p-2/b12-5-,19-7?/t14-/m0/s1. The number of carbonyl (C=O) groups is 2. The van der Waals surface area contributed by atoms with Crippen LogP contribution in [0, 0.1) is 0 Å². The summed E-state index contributed by atoms with van der Waals surface area (Å²) in [5, 5.41) is 33.8. The van der Waals surface area contributed by atoms with E-state index in [4.69, 9.17) is 4.74 Å². The van der Waals surface area contributed by atoms with Crippen molar-refractivity contribution in [3.8, 4) is 11.5 Å². The van der Waals surface area contributed by atoms with Crippen LogP contribution in [0.25, 0.3) is 0 Å². The van der Waals surface area contributed by atoms with Crippen LogP contribution in [0.5, 0.6) is 11.5 Å². The van der Waals surface area contributed by atoms with Gasteiger partial charge < -0.3 is 35.0 Å². The Bertz CT molecular complexity index is 782. The van der Waals surface area contributed by atoms with Gasteiger partial charge in [-0.15, -0.1) is 0 Å². The Hall–Kier alpha value is -3.29. The fourth-order valence-electron chi connectivity index (χ4n) is 2.43. The average Bonchev–Trinajstić information content (AvgIpc) is 2.62. The third-order valence-electron chi connectivity index (χ3n) is 3.77. The first-order valence-corrected chi connectivity index (χ1v) is 7.86. The van der Waals surface area contributed by atoms with E-state index in [1.807, 2.05) is 0 Å². The van der Waals surface area contributed by atoms with Gasteiger partial charge in [-0.05, 0) is 48.3 Å². The lowest BCUT2D eigenvalue weighted by molar-refractivity contribution is -0.308. The summed E-state index contributed by atoms with van der Waals surface area (Å²) in [4.78, 5) is 26.1. The molecule has 1 heterocycles. The number of phenolic OH excluding ortho intramolecular Hbond substituents is 1. The average molecular weight is 358 g/mol. The lowest BCUT2D eigenvalue weighted by Gasteiger charge is -2.28. The molecule has 8 heteroatoms. The van der Waals surface area contributed by atoms with E-state index in [1.54, 1.807) is 24.3 Å². The lowest BCUT2D eigenvalue weighted by atomic mass is 10.00. The minimum Gasteiger partial charge on any atom is -0.548 e. The number of aromatic hydroxyl groups is 1. The Kier molecular flexibility index (Phi) is 6.37. The third-order valence-corrected chi connectivity index (χ3v) is 3.77. The monoisotopic (exact) mass is 358 g/mol. The maximum Gasteiger partial charge on any atom is 0.160 e. The molecule has 0 aliphatic carbocycles. The number of carbonyl (C=O) groups excluding carboxylic acids is 2. The molecule has 8 nitrogen and oxygen atoms in total. The van der Waals surface area contributed by atoms with Crippen LogP contribution in [0.4, 0.5) is 0 Å². The smallest absolute Gasteiger partial charge is 0.160 e. The van der Waals surface area contributed by atoms with E-state index < -0.39 is 18.0 Å². The molecule has 0 unspecified atom stereocenters. The minimum atomic E-state index is -1.49. The highest BCUT2D eigenvalue weighted by Crippen LogP contribution is 2.26. The fourth-order valence-corrected chi connectivity index (χ4v) is 2.43. The van der Waals surface area contributed by atoms with Gasteiger partial charge in [0.1, 0.15) is 0 Å². The van der Waals surface area contributed by atoms with Crippen molar-refractivity contribution in [2.45, 2.75) is 18.9 Å². The first-order chi connectivity index (χ1) is 12.4. The quantitative estimate of drug-likeness (QED) is 0.578. The van der Waals surface area contributed by atoms with Gasteiger partial charge in [0.05, 0.1) is 30.8 Å². The highest BCUT2D eigenvalue weighted by atomic mass is 16.5. The molecule has 1 aliphatic rings.